The van der Waals surface area contributed by atoms with Crippen LogP contribution in [0.25, 0.3) is 0 Å². The van der Waals surface area contributed by atoms with Crippen LogP contribution in [0.15, 0.2) is 30.7 Å². The maximum Gasteiger partial charge on any atom is 0.279 e. The lowest BCUT2D eigenvalue weighted by atomic mass is 9.71. The third-order valence-electron chi connectivity index (χ3n) is 10.9. The van der Waals surface area contributed by atoms with Crippen molar-refractivity contribution in [3.63, 3.8) is 0 Å². The van der Waals surface area contributed by atoms with Gasteiger partial charge >= 0.3 is 0 Å². The molecule has 0 radical (unpaired) electrons. The minimum Gasteiger partial charge on any atom is -0.451 e. The van der Waals surface area contributed by atoms with Crippen LogP contribution >= 0.6 is 0 Å². The zero-order valence-corrected chi connectivity index (χ0v) is 29.6. The average Bonchev–Trinajstić information content (AvgIpc) is 3.06. The Labute approximate surface area is 285 Å². The van der Waals surface area contributed by atoms with Gasteiger partial charge < -0.3 is 19.4 Å². The lowest BCUT2D eigenvalue weighted by molar-refractivity contribution is 0.0617. The normalized spacial score (nSPS) is 23.6. The van der Waals surface area contributed by atoms with Crippen molar-refractivity contribution in [2.24, 2.45) is 11.3 Å². The number of carbonyl (C=O) groups excluding carboxylic acids is 1. The molecule has 4 fully saturated rings. The molecule has 3 saturated heterocycles. The molecule has 1 saturated carbocycles. The van der Waals surface area contributed by atoms with E-state index < -0.39 is 16.0 Å². The van der Waals surface area contributed by atoms with Crippen molar-refractivity contribution in [1.82, 2.24) is 28.8 Å². The van der Waals surface area contributed by atoms with E-state index in [2.05, 4.69) is 24.5 Å². The molecule has 4 heterocycles. The fourth-order valence-electron chi connectivity index (χ4n) is 8.05. The Bertz CT molecular complexity index is 1510. The number of nitrogens with one attached hydrogen (secondary N) is 1. The number of likely N-dealkylation sites (tertiary alicyclic amines) is 1. The van der Waals surface area contributed by atoms with Gasteiger partial charge in [0.25, 0.3) is 16.1 Å². The Kier molecular flexibility index (Phi) is 10.9. The third kappa shape index (κ3) is 7.95. The summed E-state index contributed by atoms with van der Waals surface area (Å²) in [5, 5.41) is 0. The number of rotatable bonds is 11. The van der Waals surface area contributed by atoms with E-state index in [0.717, 1.165) is 90.5 Å². The van der Waals surface area contributed by atoms with Gasteiger partial charge in [0.15, 0.2) is 11.6 Å². The second-order valence-electron chi connectivity index (χ2n) is 14.6. The molecule has 3 aliphatic heterocycles. The molecular weight excluding hydrogens is 633 g/mol. The van der Waals surface area contributed by atoms with E-state index in [1.165, 1.54) is 24.5 Å². The van der Waals surface area contributed by atoms with Gasteiger partial charge in [0.1, 0.15) is 17.9 Å². The number of anilines is 1. The summed E-state index contributed by atoms with van der Waals surface area (Å²) in [6.07, 6.45) is 12.3. The number of carbonyl (C=O) groups is 1. The Morgan fingerprint density at radius 2 is 1.77 bits per heavy atom. The van der Waals surface area contributed by atoms with E-state index in [4.69, 9.17) is 4.74 Å². The summed E-state index contributed by atoms with van der Waals surface area (Å²) in [6.45, 7) is 12.5. The highest BCUT2D eigenvalue weighted by molar-refractivity contribution is 7.87. The van der Waals surface area contributed by atoms with Crippen LogP contribution in [-0.4, -0.2) is 103 Å². The molecule has 6 rings (SSSR count). The molecule has 48 heavy (non-hydrogen) atoms. The number of aromatic nitrogens is 2. The summed E-state index contributed by atoms with van der Waals surface area (Å²) in [4.78, 5) is 28.6. The zero-order chi connectivity index (χ0) is 33.9. The highest BCUT2D eigenvalue weighted by Crippen LogP contribution is 2.45. The summed E-state index contributed by atoms with van der Waals surface area (Å²) in [7, 11) is -3.37. The van der Waals surface area contributed by atoms with Gasteiger partial charge in [-0.05, 0) is 109 Å². The van der Waals surface area contributed by atoms with Gasteiger partial charge in [0, 0.05) is 56.8 Å². The number of halogens is 1. The van der Waals surface area contributed by atoms with Crippen LogP contribution in [0.1, 0.15) is 88.9 Å². The second kappa shape index (κ2) is 14.9. The van der Waals surface area contributed by atoms with Crippen molar-refractivity contribution < 1.29 is 22.3 Å². The first-order valence-electron chi connectivity index (χ1n) is 17.9. The van der Waals surface area contributed by atoms with Crippen LogP contribution in [-0.2, 0) is 10.2 Å². The smallest absolute Gasteiger partial charge is 0.279 e. The topological polar surface area (TPSA) is 111 Å². The molecule has 4 aliphatic rings. The maximum absolute atomic E-state index is 14.3. The monoisotopic (exact) mass is 685 g/mol. The molecule has 2 aromatic rings. The average molecular weight is 686 g/mol. The van der Waals surface area contributed by atoms with E-state index in [1.54, 1.807) is 15.4 Å². The molecule has 1 N–H and O–H groups in total. The molecule has 1 aromatic carbocycles. The van der Waals surface area contributed by atoms with Crippen molar-refractivity contribution in [3.05, 3.63) is 42.1 Å². The van der Waals surface area contributed by atoms with Gasteiger partial charge in [0.05, 0.1) is 11.8 Å². The van der Waals surface area contributed by atoms with Crippen LogP contribution < -0.4 is 14.4 Å². The van der Waals surface area contributed by atoms with Crippen molar-refractivity contribution >= 4 is 21.9 Å². The van der Waals surface area contributed by atoms with Crippen LogP contribution in [0.4, 0.5) is 10.2 Å². The number of ether oxygens (including phenoxy) is 1. The number of benzene rings is 1. The Hall–Kier alpha value is -2.87. The van der Waals surface area contributed by atoms with Gasteiger partial charge in [-0.25, -0.2) is 14.4 Å². The predicted molar refractivity (Wildman–Crippen MR) is 184 cm³/mol. The first kappa shape index (κ1) is 35.0. The van der Waals surface area contributed by atoms with Crippen molar-refractivity contribution in [2.45, 2.75) is 90.6 Å². The SMILES string of the molecule is CCN(C(=O)c1cc(F)ccc1Oc1cncnc1N1CC2(CCN(CC3CCC(NS(=O)(=O)N4CCCCC4)CC3)CC2)C1)C(C)C. The molecule has 0 unspecified atom stereocenters. The summed E-state index contributed by atoms with van der Waals surface area (Å²) >= 11 is 0. The van der Waals surface area contributed by atoms with Crippen LogP contribution in [0.2, 0.25) is 0 Å². The largest absolute Gasteiger partial charge is 0.451 e. The van der Waals surface area contributed by atoms with Crippen molar-refractivity contribution in [3.8, 4) is 11.5 Å². The molecule has 0 bridgehead atoms. The molecule has 1 amide bonds. The lowest BCUT2D eigenvalue weighted by Crippen LogP contribution is -2.61. The Morgan fingerprint density at radius 1 is 1.06 bits per heavy atom. The van der Waals surface area contributed by atoms with E-state index in [0.29, 0.717) is 37.1 Å². The fraction of sp³-hybridized carbons (Fsp3) is 0.686. The number of hydrogen-bond donors (Lipinski definition) is 1. The molecule has 1 spiro atoms. The lowest BCUT2D eigenvalue weighted by Gasteiger charge is -2.54. The summed E-state index contributed by atoms with van der Waals surface area (Å²) in [5.41, 5.74) is 0.416. The van der Waals surface area contributed by atoms with Gasteiger partial charge in [-0.2, -0.15) is 17.4 Å². The van der Waals surface area contributed by atoms with Gasteiger partial charge in [-0.3, -0.25) is 4.79 Å². The van der Waals surface area contributed by atoms with Gasteiger partial charge in [-0.1, -0.05) is 6.42 Å². The molecule has 1 aliphatic carbocycles. The minimum atomic E-state index is -3.37. The van der Waals surface area contributed by atoms with Crippen LogP contribution in [0.5, 0.6) is 11.5 Å². The molecule has 11 nitrogen and oxygen atoms in total. The molecular formula is C35H52FN7O4S. The van der Waals surface area contributed by atoms with Crippen molar-refractivity contribution in [1.29, 1.82) is 0 Å². The van der Waals surface area contributed by atoms with Crippen molar-refractivity contribution in [2.75, 3.05) is 57.3 Å². The molecule has 0 atom stereocenters. The van der Waals surface area contributed by atoms with E-state index in [-0.39, 0.29) is 34.7 Å². The standard InChI is InChI=1S/C35H52FN7O4S/c1-4-43(26(2)3)34(44)30-20-28(36)10-13-31(30)47-32-21-37-25-38-33(32)41-23-35(24-41)14-18-40(19-15-35)22-27-8-11-29(12-9-27)39-48(45,46)42-16-6-5-7-17-42/h10,13,20-21,25-27,29,39H,4-9,11-12,14-19,22-24H2,1-3H3. The Balaban J connectivity index is 0.992. The summed E-state index contributed by atoms with van der Waals surface area (Å²) < 4.78 is 50.8. The second-order valence-corrected chi connectivity index (χ2v) is 16.3. The molecule has 264 valence electrons. The van der Waals surface area contributed by atoms with Gasteiger partial charge in [0.2, 0.25) is 0 Å². The quantitative estimate of drug-likeness (QED) is 0.350. The number of piperidine rings is 2. The van der Waals surface area contributed by atoms with Crippen LogP contribution in [0, 0.1) is 17.2 Å². The minimum absolute atomic E-state index is 0.0365. The first-order valence-corrected chi connectivity index (χ1v) is 19.3. The van der Waals surface area contributed by atoms with Gasteiger partial charge in [-0.15, -0.1) is 0 Å². The summed E-state index contributed by atoms with van der Waals surface area (Å²) in [5.74, 6) is 1.27. The predicted octanol–water partition coefficient (Wildman–Crippen LogP) is 5.06. The van der Waals surface area contributed by atoms with E-state index in [1.807, 2.05) is 20.8 Å². The highest BCUT2D eigenvalue weighted by atomic mass is 32.2. The number of hydrogen-bond acceptors (Lipinski definition) is 8. The summed E-state index contributed by atoms with van der Waals surface area (Å²) in [6, 6.07) is 4.06. The highest BCUT2D eigenvalue weighted by Gasteiger charge is 2.46. The molecule has 13 heteroatoms. The first-order chi connectivity index (χ1) is 23.1. The Morgan fingerprint density at radius 3 is 2.44 bits per heavy atom. The van der Waals surface area contributed by atoms with E-state index in [9.17, 15) is 17.6 Å². The number of nitrogens with zero attached hydrogens (tertiary/aromatic N) is 6. The zero-order valence-electron chi connectivity index (χ0n) is 28.7. The fourth-order valence-corrected chi connectivity index (χ4v) is 9.60. The maximum atomic E-state index is 14.3. The van der Waals surface area contributed by atoms with Crippen LogP contribution in [0.3, 0.4) is 0 Å². The van der Waals surface area contributed by atoms with E-state index >= 15 is 0 Å². The number of amides is 1. The molecule has 1 aromatic heterocycles. The third-order valence-corrected chi connectivity index (χ3v) is 12.6.